The summed E-state index contributed by atoms with van der Waals surface area (Å²) in [5, 5.41) is 5.84. The number of carbonyl (C=O) groups is 1. The fourth-order valence-corrected chi connectivity index (χ4v) is 3.26. The average Bonchev–Trinajstić information content (AvgIpc) is 3.15. The molecule has 122 valence electrons. The minimum atomic E-state index is -0.0923. The van der Waals surface area contributed by atoms with E-state index in [1.165, 1.54) is 11.3 Å². The highest BCUT2D eigenvalue weighted by molar-refractivity contribution is 7.07. The first kappa shape index (κ1) is 15.5. The lowest BCUT2D eigenvalue weighted by atomic mass is 10.1. The molecule has 2 aromatic heterocycles. The molecule has 0 atom stereocenters. The van der Waals surface area contributed by atoms with Gasteiger partial charge in [-0.15, -0.1) is 11.3 Å². The molecule has 0 radical (unpaired) electrons. The molecule has 0 aliphatic heterocycles. The molecule has 2 heterocycles. The largest absolute Gasteiger partial charge is 0.324 e. The van der Waals surface area contributed by atoms with Gasteiger partial charge in [-0.25, -0.2) is 9.97 Å². The maximum atomic E-state index is 12.3. The summed E-state index contributed by atoms with van der Waals surface area (Å²) in [7, 11) is 0. The second-order valence-corrected chi connectivity index (χ2v) is 6.36. The number of nitrogens with zero attached hydrogens (tertiary/aromatic N) is 2. The second kappa shape index (κ2) is 6.83. The number of carbonyl (C=O) groups excluding carboxylic acids is 1. The Morgan fingerprint density at radius 1 is 1.00 bits per heavy atom. The van der Waals surface area contributed by atoms with Crippen LogP contribution < -0.4 is 5.32 Å². The molecule has 4 aromatic rings. The number of rotatable bonds is 4. The maximum Gasteiger partial charge on any atom is 0.230 e. The van der Waals surface area contributed by atoms with Crippen LogP contribution in [0.5, 0.6) is 0 Å². The first-order chi connectivity index (χ1) is 12.3. The lowest BCUT2D eigenvalue weighted by Gasteiger charge is -2.09. The van der Waals surface area contributed by atoms with Crippen molar-refractivity contribution in [2.75, 3.05) is 5.32 Å². The molecule has 5 heteroatoms. The Hall–Kier alpha value is -3.05. The standard InChI is InChI=1S/C20H15N3OS/c24-19(11-16-12-25-13-21-16)22-18-8-4-7-15-9-10-17(23-20(15)18)14-5-2-1-3-6-14/h1-10,12-13H,11H2,(H,22,24). The van der Waals surface area contributed by atoms with E-state index in [1.54, 1.807) is 5.51 Å². The molecule has 2 aromatic carbocycles. The van der Waals surface area contributed by atoms with Crippen molar-refractivity contribution in [3.05, 3.63) is 77.2 Å². The van der Waals surface area contributed by atoms with Gasteiger partial charge < -0.3 is 5.32 Å². The number of aromatic nitrogens is 2. The highest BCUT2D eigenvalue weighted by Crippen LogP contribution is 2.26. The molecule has 1 N–H and O–H groups in total. The Balaban J connectivity index is 1.67. The van der Waals surface area contributed by atoms with Crippen LogP contribution >= 0.6 is 11.3 Å². The van der Waals surface area contributed by atoms with E-state index in [4.69, 9.17) is 4.98 Å². The Kier molecular flexibility index (Phi) is 4.23. The Morgan fingerprint density at radius 2 is 1.88 bits per heavy atom. The van der Waals surface area contributed by atoms with E-state index in [9.17, 15) is 4.79 Å². The summed E-state index contributed by atoms with van der Waals surface area (Å²) >= 11 is 1.49. The van der Waals surface area contributed by atoms with Crippen molar-refractivity contribution in [2.45, 2.75) is 6.42 Å². The number of thiazole rings is 1. The average molecular weight is 345 g/mol. The number of para-hydroxylation sites is 1. The topological polar surface area (TPSA) is 54.9 Å². The number of nitrogens with one attached hydrogen (secondary N) is 1. The zero-order chi connectivity index (χ0) is 17.1. The van der Waals surface area contributed by atoms with Crippen LogP contribution in [-0.4, -0.2) is 15.9 Å². The van der Waals surface area contributed by atoms with Crippen LogP contribution in [0.15, 0.2) is 71.6 Å². The number of hydrogen-bond donors (Lipinski definition) is 1. The third-order valence-electron chi connectivity index (χ3n) is 3.89. The van der Waals surface area contributed by atoms with Crippen LogP contribution in [0.1, 0.15) is 5.69 Å². The van der Waals surface area contributed by atoms with Gasteiger partial charge in [0.25, 0.3) is 0 Å². The van der Waals surface area contributed by atoms with Gasteiger partial charge in [-0.3, -0.25) is 4.79 Å². The lowest BCUT2D eigenvalue weighted by Crippen LogP contribution is -2.15. The van der Waals surface area contributed by atoms with E-state index in [2.05, 4.69) is 10.3 Å². The van der Waals surface area contributed by atoms with Crippen molar-refractivity contribution in [1.29, 1.82) is 0 Å². The number of amides is 1. The fraction of sp³-hybridized carbons (Fsp3) is 0.0500. The molecule has 1 amide bonds. The molecule has 0 fully saturated rings. The van der Waals surface area contributed by atoms with Crippen molar-refractivity contribution in [3.8, 4) is 11.3 Å². The molecule has 4 nitrogen and oxygen atoms in total. The third kappa shape index (κ3) is 3.41. The summed E-state index contributed by atoms with van der Waals surface area (Å²) in [6.07, 6.45) is 0.262. The van der Waals surface area contributed by atoms with Crippen LogP contribution in [0.3, 0.4) is 0 Å². The van der Waals surface area contributed by atoms with Crippen molar-refractivity contribution in [3.63, 3.8) is 0 Å². The molecule has 4 rings (SSSR count). The monoisotopic (exact) mass is 345 g/mol. The van der Waals surface area contributed by atoms with Gasteiger partial charge in [-0.05, 0) is 12.1 Å². The first-order valence-corrected chi connectivity index (χ1v) is 8.86. The Morgan fingerprint density at radius 3 is 2.68 bits per heavy atom. The van der Waals surface area contributed by atoms with Gasteiger partial charge in [0.05, 0.1) is 34.5 Å². The highest BCUT2D eigenvalue weighted by Gasteiger charge is 2.10. The van der Waals surface area contributed by atoms with Crippen molar-refractivity contribution in [2.24, 2.45) is 0 Å². The summed E-state index contributed by atoms with van der Waals surface area (Å²) in [5.74, 6) is -0.0923. The van der Waals surface area contributed by atoms with E-state index in [0.29, 0.717) is 0 Å². The van der Waals surface area contributed by atoms with Crippen molar-refractivity contribution in [1.82, 2.24) is 9.97 Å². The SMILES string of the molecule is O=C(Cc1cscn1)Nc1cccc2ccc(-c3ccccc3)nc12. The molecule has 0 unspecified atom stereocenters. The summed E-state index contributed by atoms with van der Waals surface area (Å²) in [6, 6.07) is 19.8. The Bertz CT molecular complexity index is 1010. The quantitative estimate of drug-likeness (QED) is 0.591. The zero-order valence-corrected chi connectivity index (χ0v) is 14.2. The van der Waals surface area contributed by atoms with E-state index in [-0.39, 0.29) is 12.3 Å². The minimum Gasteiger partial charge on any atom is -0.324 e. The van der Waals surface area contributed by atoms with Gasteiger partial charge in [0.1, 0.15) is 0 Å². The molecular weight excluding hydrogens is 330 g/mol. The molecule has 0 saturated carbocycles. The van der Waals surface area contributed by atoms with Crippen LogP contribution in [0, 0.1) is 0 Å². The number of fused-ring (bicyclic) bond motifs is 1. The predicted molar refractivity (Wildman–Crippen MR) is 102 cm³/mol. The zero-order valence-electron chi connectivity index (χ0n) is 13.3. The van der Waals surface area contributed by atoms with E-state index in [0.717, 1.165) is 33.5 Å². The van der Waals surface area contributed by atoms with Gasteiger partial charge in [-0.2, -0.15) is 0 Å². The van der Waals surface area contributed by atoms with Gasteiger partial charge >= 0.3 is 0 Å². The van der Waals surface area contributed by atoms with Crippen molar-refractivity contribution >= 4 is 33.8 Å². The second-order valence-electron chi connectivity index (χ2n) is 5.64. The lowest BCUT2D eigenvalue weighted by molar-refractivity contribution is -0.115. The molecule has 25 heavy (non-hydrogen) atoms. The van der Waals surface area contributed by atoms with Crippen molar-refractivity contribution < 1.29 is 4.79 Å². The number of anilines is 1. The summed E-state index contributed by atoms with van der Waals surface area (Å²) in [6.45, 7) is 0. The van der Waals surface area contributed by atoms with Crippen LogP contribution in [0.25, 0.3) is 22.2 Å². The summed E-state index contributed by atoms with van der Waals surface area (Å²) in [4.78, 5) is 21.2. The minimum absolute atomic E-state index is 0.0923. The van der Waals surface area contributed by atoms with Crippen LogP contribution in [0.2, 0.25) is 0 Å². The fourth-order valence-electron chi connectivity index (χ4n) is 2.70. The molecule has 0 spiro atoms. The highest BCUT2D eigenvalue weighted by atomic mass is 32.1. The van der Waals surface area contributed by atoms with E-state index < -0.39 is 0 Å². The maximum absolute atomic E-state index is 12.3. The number of hydrogen-bond acceptors (Lipinski definition) is 4. The molecule has 0 aliphatic carbocycles. The van der Waals surface area contributed by atoms with E-state index in [1.807, 2.05) is 66.0 Å². The van der Waals surface area contributed by atoms with Gasteiger partial charge in [0.2, 0.25) is 5.91 Å². The molecule has 0 saturated heterocycles. The van der Waals surface area contributed by atoms with Gasteiger partial charge in [-0.1, -0.05) is 48.5 Å². The van der Waals surface area contributed by atoms with Gasteiger partial charge in [0, 0.05) is 16.3 Å². The number of benzene rings is 2. The molecular formula is C20H15N3OS. The van der Waals surface area contributed by atoms with Crippen LogP contribution in [-0.2, 0) is 11.2 Å². The normalized spacial score (nSPS) is 10.7. The molecule has 0 bridgehead atoms. The molecule has 0 aliphatic rings. The van der Waals surface area contributed by atoms with E-state index >= 15 is 0 Å². The summed E-state index contributed by atoms with van der Waals surface area (Å²) in [5.41, 5.74) is 5.95. The summed E-state index contributed by atoms with van der Waals surface area (Å²) < 4.78 is 0. The number of pyridine rings is 1. The predicted octanol–water partition coefficient (Wildman–Crippen LogP) is 4.54. The first-order valence-electron chi connectivity index (χ1n) is 7.92. The van der Waals surface area contributed by atoms with Crippen LogP contribution in [0.4, 0.5) is 5.69 Å². The smallest absolute Gasteiger partial charge is 0.230 e. The Labute approximate surface area is 149 Å². The van der Waals surface area contributed by atoms with Gasteiger partial charge in [0.15, 0.2) is 0 Å². The third-order valence-corrected chi connectivity index (χ3v) is 4.52.